The minimum absolute atomic E-state index is 0.220. The summed E-state index contributed by atoms with van der Waals surface area (Å²) in [5.74, 6) is 0. The molecule has 3 nitrogen and oxygen atoms in total. The maximum Gasteiger partial charge on any atom is 0.0650 e. The van der Waals surface area contributed by atoms with E-state index in [1.54, 1.807) is 6.20 Å². The average molecular weight is 342 g/mol. The number of nitrogens with one attached hydrogen (secondary N) is 2. The van der Waals surface area contributed by atoms with Crippen molar-refractivity contribution in [3.63, 3.8) is 0 Å². The predicted octanol–water partition coefficient (Wildman–Crippen LogP) is 5.01. The molecule has 106 valence electrons. The summed E-state index contributed by atoms with van der Waals surface area (Å²) in [4.78, 5) is 0. The maximum absolute atomic E-state index is 4.00. The van der Waals surface area contributed by atoms with Gasteiger partial charge < -0.3 is 5.32 Å². The zero-order valence-corrected chi connectivity index (χ0v) is 13.3. The molecule has 1 unspecified atom stereocenters. The van der Waals surface area contributed by atoms with Crippen molar-refractivity contribution >= 4 is 21.6 Å². The number of hydrogen-bond donors (Lipinski definition) is 2. The van der Waals surface area contributed by atoms with Crippen LogP contribution in [0.15, 0.2) is 65.3 Å². The van der Waals surface area contributed by atoms with Crippen LogP contribution in [0.25, 0.3) is 11.3 Å². The van der Waals surface area contributed by atoms with Gasteiger partial charge in [-0.3, -0.25) is 5.10 Å². The molecule has 0 aliphatic rings. The standard InChI is InChI=1S/C17H16BrN3/c1-12(15-7-2-3-8-16(15)18)20-14-6-4-5-13(11-14)17-9-10-19-21-17/h2-12,20H,1H3,(H,19,21). The van der Waals surface area contributed by atoms with Crippen molar-refractivity contribution in [3.05, 3.63) is 70.8 Å². The second kappa shape index (κ2) is 6.14. The van der Waals surface area contributed by atoms with Crippen molar-refractivity contribution in [1.82, 2.24) is 10.2 Å². The van der Waals surface area contributed by atoms with Gasteiger partial charge in [0, 0.05) is 28.0 Å². The van der Waals surface area contributed by atoms with Crippen molar-refractivity contribution in [3.8, 4) is 11.3 Å². The quantitative estimate of drug-likeness (QED) is 0.700. The van der Waals surface area contributed by atoms with Crippen LogP contribution in [0.5, 0.6) is 0 Å². The van der Waals surface area contributed by atoms with Crippen molar-refractivity contribution in [2.75, 3.05) is 5.32 Å². The first-order chi connectivity index (χ1) is 10.2. The van der Waals surface area contributed by atoms with E-state index < -0.39 is 0 Å². The van der Waals surface area contributed by atoms with E-state index in [9.17, 15) is 0 Å². The lowest BCUT2D eigenvalue weighted by molar-refractivity contribution is 0.879. The van der Waals surface area contributed by atoms with Crippen molar-refractivity contribution in [1.29, 1.82) is 0 Å². The van der Waals surface area contributed by atoms with Crippen LogP contribution in [-0.4, -0.2) is 10.2 Å². The minimum Gasteiger partial charge on any atom is -0.378 e. The summed E-state index contributed by atoms with van der Waals surface area (Å²) in [6, 6.07) is 18.8. The molecule has 0 aliphatic heterocycles. The number of aromatic nitrogens is 2. The van der Waals surface area contributed by atoms with E-state index in [1.165, 1.54) is 5.56 Å². The van der Waals surface area contributed by atoms with E-state index in [0.29, 0.717) is 0 Å². The monoisotopic (exact) mass is 341 g/mol. The average Bonchev–Trinajstić information content (AvgIpc) is 3.02. The Morgan fingerprint density at radius 2 is 1.95 bits per heavy atom. The molecule has 1 atom stereocenters. The zero-order valence-electron chi connectivity index (χ0n) is 11.7. The Hall–Kier alpha value is -2.07. The first kappa shape index (κ1) is 13.9. The van der Waals surface area contributed by atoms with Gasteiger partial charge in [-0.15, -0.1) is 0 Å². The second-order valence-electron chi connectivity index (χ2n) is 4.94. The maximum atomic E-state index is 4.00. The molecule has 1 aromatic heterocycles. The van der Waals surface area contributed by atoms with Crippen LogP contribution < -0.4 is 5.32 Å². The van der Waals surface area contributed by atoms with E-state index in [1.807, 2.05) is 18.2 Å². The Bertz CT molecular complexity index is 722. The van der Waals surface area contributed by atoms with Crippen LogP contribution in [0.2, 0.25) is 0 Å². The summed E-state index contributed by atoms with van der Waals surface area (Å²) in [5, 5.41) is 10.5. The second-order valence-corrected chi connectivity index (χ2v) is 5.79. The molecule has 3 rings (SSSR count). The van der Waals surface area contributed by atoms with Crippen LogP contribution in [0.1, 0.15) is 18.5 Å². The third-order valence-electron chi connectivity index (χ3n) is 3.43. The highest BCUT2D eigenvalue weighted by Crippen LogP contribution is 2.27. The molecule has 0 amide bonds. The van der Waals surface area contributed by atoms with Crippen LogP contribution in [0, 0.1) is 0 Å². The number of nitrogens with zero attached hydrogens (tertiary/aromatic N) is 1. The van der Waals surface area contributed by atoms with E-state index in [0.717, 1.165) is 21.4 Å². The highest BCUT2D eigenvalue weighted by Gasteiger charge is 2.09. The fourth-order valence-electron chi connectivity index (χ4n) is 2.35. The number of halogens is 1. The Kier molecular flexibility index (Phi) is 4.06. The first-order valence-electron chi connectivity index (χ1n) is 6.85. The molecular formula is C17H16BrN3. The molecule has 21 heavy (non-hydrogen) atoms. The van der Waals surface area contributed by atoms with Gasteiger partial charge in [0.15, 0.2) is 0 Å². The molecule has 0 saturated heterocycles. The van der Waals surface area contributed by atoms with Gasteiger partial charge in [0.25, 0.3) is 0 Å². The summed E-state index contributed by atoms with van der Waals surface area (Å²) in [6.07, 6.45) is 1.76. The first-order valence-corrected chi connectivity index (χ1v) is 7.64. The van der Waals surface area contributed by atoms with Crippen LogP contribution in [0.3, 0.4) is 0 Å². The van der Waals surface area contributed by atoms with Crippen LogP contribution in [-0.2, 0) is 0 Å². The highest BCUT2D eigenvalue weighted by atomic mass is 79.9. The van der Waals surface area contributed by atoms with Crippen molar-refractivity contribution < 1.29 is 0 Å². The topological polar surface area (TPSA) is 40.7 Å². The number of benzene rings is 2. The lowest BCUT2D eigenvalue weighted by atomic mass is 10.1. The SMILES string of the molecule is CC(Nc1cccc(-c2ccn[nH]2)c1)c1ccccc1Br. The molecule has 0 radical (unpaired) electrons. The molecule has 0 saturated carbocycles. The van der Waals surface area contributed by atoms with Gasteiger partial charge in [0.05, 0.1) is 5.69 Å². The lowest BCUT2D eigenvalue weighted by Gasteiger charge is -2.17. The molecule has 3 aromatic rings. The summed E-state index contributed by atoms with van der Waals surface area (Å²) < 4.78 is 1.12. The molecule has 0 spiro atoms. The molecule has 2 aromatic carbocycles. The van der Waals surface area contributed by atoms with E-state index in [2.05, 4.69) is 74.8 Å². The van der Waals surface area contributed by atoms with E-state index in [4.69, 9.17) is 0 Å². The number of hydrogen-bond acceptors (Lipinski definition) is 2. The normalized spacial score (nSPS) is 12.1. The van der Waals surface area contributed by atoms with Gasteiger partial charge in [-0.05, 0) is 36.8 Å². The number of rotatable bonds is 4. The minimum atomic E-state index is 0.220. The third kappa shape index (κ3) is 3.16. The molecule has 0 fully saturated rings. The smallest absolute Gasteiger partial charge is 0.0650 e. The van der Waals surface area contributed by atoms with Gasteiger partial charge in [0.1, 0.15) is 0 Å². The summed E-state index contributed by atoms with van der Waals surface area (Å²) in [6.45, 7) is 2.16. The largest absolute Gasteiger partial charge is 0.378 e. The number of H-pyrrole nitrogens is 1. The Balaban J connectivity index is 1.82. The summed E-state index contributed by atoms with van der Waals surface area (Å²) in [7, 11) is 0. The van der Waals surface area contributed by atoms with Crippen LogP contribution >= 0.6 is 15.9 Å². The molecular weight excluding hydrogens is 326 g/mol. The van der Waals surface area contributed by atoms with Gasteiger partial charge in [-0.2, -0.15) is 5.10 Å². The fourth-order valence-corrected chi connectivity index (χ4v) is 2.98. The molecule has 0 aliphatic carbocycles. The Labute approximate surface area is 132 Å². The van der Waals surface area contributed by atoms with Gasteiger partial charge in [-0.25, -0.2) is 0 Å². The van der Waals surface area contributed by atoms with Gasteiger partial charge in [0.2, 0.25) is 0 Å². The van der Waals surface area contributed by atoms with Crippen LogP contribution in [0.4, 0.5) is 5.69 Å². The fraction of sp³-hybridized carbons (Fsp3) is 0.118. The Morgan fingerprint density at radius 3 is 2.71 bits per heavy atom. The molecule has 0 bridgehead atoms. The van der Waals surface area contributed by atoms with Gasteiger partial charge in [-0.1, -0.05) is 46.3 Å². The molecule has 1 heterocycles. The highest BCUT2D eigenvalue weighted by molar-refractivity contribution is 9.10. The summed E-state index contributed by atoms with van der Waals surface area (Å²) in [5.41, 5.74) is 4.47. The van der Waals surface area contributed by atoms with E-state index >= 15 is 0 Å². The predicted molar refractivity (Wildman–Crippen MR) is 90.2 cm³/mol. The van der Waals surface area contributed by atoms with Crippen molar-refractivity contribution in [2.24, 2.45) is 0 Å². The third-order valence-corrected chi connectivity index (χ3v) is 4.15. The van der Waals surface area contributed by atoms with Crippen molar-refractivity contribution in [2.45, 2.75) is 13.0 Å². The van der Waals surface area contributed by atoms with Gasteiger partial charge >= 0.3 is 0 Å². The molecule has 4 heteroatoms. The summed E-state index contributed by atoms with van der Waals surface area (Å²) >= 11 is 3.60. The Morgan fingerprint density at radius 1 is 1.10 bits per heavy atom. The lowest BCUT2D eigenvalue weighted by Crippen LogP contribution is -2.07. The zero-order chi connectivity index (χ0) is 14.7. The molecule has 2 N–H and O–H groups in total. The number of anilines is 1. The number of aromatic amines is 1. The van der Waals surface area contributed by atoms with E-state index in [-0.39, 0.29) is 6.04 Å².